The first kappa shape index (κ1) is 15.4. The van der Waals surface area contributed by atoms with Gasteiger partial charge in [-0.3, -0.25) is 4.79 Å². The molecule has 0 spiro atoms. The lowest BCUT2D eigenvalue weighted by Gasteiger charge is -2.12. The van der Waals surface area contributed by atoms with Crippen LogP contribution in [-0.2, 0) is 0 Å². The first-order valence-corrected chi connectivity index (χ1v) is 7.09. The Kier molecular flexibility index (Phi) is 4.53. The molecule has 0 bridgehead atoms. The smallest absolute Gasteiger partial charge is 0.197 e. The van der Waals surface area contributed by atoms with E-state index in [1.54, 1.807) is 37.4 Å². The Morgan fingerprint density at radius 3 is 2.43 bits per heavy atom. The highest BCUT2D eigenvalue weighted by Crippen LogP contribution is 2.34. The number of anilines is 1. The first-order valence-electron chi connectivity index (χ1n) is 6.30. The van der Waals surface area contributed by atoms with Crippen molar-refractivity contribution in [1.82, 2.24) is 0 Å². The third-order valence-corrected chi connectivity index (χ3v) is 3.87. The SMILES string of the molecule is COc1cc(Br)c(C(=O)c2ccc(N)c(C)c2)c(OC)c1. The van der Waals surface area contributed by atoms with Crippen molar-refractivity contribution in [2.45, 2.75) is 6.92 Å². The van der Waals surface area contributed by atoms with Gasteiger partial charge in [0.2, 0.25) is 0 Å². The molecule has 4 nitrogen and oxygen atoms in total. The van der Waals surface area contributed by atoms with Crippen LogP contribution in [0.2, 0.25) is 0 Å². The molecule has 0 aliphatic carbocycles. The van der Waals surface area contributed by atoms with Crippen LogP contribution in [0.5, 0.6) is 11.5 Å². The van der Waals surface area contributed by atoms with Gasteiger partial charge in [0, 0.05) is 21.8 Å². The van der Waals surface area contributed by atoms with Crippen LogP contribution in [-0.4, -0.2) is 20.0 Å². The minimum absolute atomic E-state index is 0.135. The van der Waals surface area contributed by atoms with E-state index in [0.29, 0.717) is 32.8 Å². The fraction of sp³-hybridized carbons (Fsp3) is 0.188. The van der Waals surface area contributed by atoms with Gasteiger partial charge in [-0.1, -0.05) is 0 Å². The van der Waals surface area contributed by atoms with Crippen LogP contribution >= 0.6 is 15.9 Å². The lowest BCUT2D eigenvalue weighted by atomic mass is 10.00. The molecule has 0 saturated heterocycles. The summed E-state index contributed by atoms with van der Waals surface area (Å²) in [4.78, 5) is 12.7. The molecule has 0 amide bonds. The Morgan fingerprint density at radius 2 is 1.86 bits per heavy atom. The molecule has 5 heteroatoms. The van der Waals surface area contributed by atoms with Crippen molar-refractivity contribution in [2.24, 2.45) is 0 Å². The maximum atomic E-state index is 12.7. The number of carbonyl (C=O) groups is 1. The molecule has 0 aliphatic heterocycles. The number of ketones is 1. The molecule has 2 aromatic rings. The van der Waals surface area contributed by atoms with Crippen molar-refractivity contribution in [3.8, 4) is 11.5 Å². The van der Waals surface area contributed by atoms with E-state index in [9.17, 15) is 4.79 Å². The van der Waals surface area contributed by atoms with Crippen LogP contribution in [0.3, 0.4) is 0 Å². The third kappa shape index (κ3) is 3.03. The van der Waals surface area contributed by atoms with Crippen molar-refractivity contribution in [3.63, 3.8) is 0 Å². The van der Waals surface area contributed by atoms with E-state index in [2.05, 4.69) is 15.9 Å². The summed E-state index contributed by atoms with van der Waals surface area (Å²) in [6, 6.07) is 8.63. The van der Waals surface area contributed by atoms with Gasteiger partial charge in [0.25, 0.3) is 0 Å². The molecule has 2 N–H and O–H groups in total. The zero-order valence-corrected chi connectivity index (χ0v) is 13.7. The average molecular weight is 350 g/mol. The lowest BCUT2D eigenvalue weighted by Crippen LogP contribution is -2.06. The van der Waals surface area contributed by atoms with Crippen molar-refractivity contribution in [3.05, 3.63) is 51.5 Å². The monoisotopic (exact) mass is 349 g/mol. The van der Waals surface area contributed by atoms with E-state index in [4.69, 9.17) is 15.2 Å². The highest BCUT2D eigenvalue weighted by Gasteiger charge is 2.20. The number of nitrogens with two attached hydrogens (primary N) is 1. The topological polar surface area (TPSA) is 61.5 Å². The van der Waals surface area contributed by atoms with E-state index >= 15 is 0 Å². The molecule has 0 aliphatic rings. The van der Waals surface area contributed by atoms with Crippen LogP contribution in [0.1, 0.15) is 21.5 Å². The predicted molar refractivity (Wildman–Crippen MR) is 86.3 cm³/mol. The molecular formula is C16H16BrNO3. The summed E-state index contributed by atoms with van der Waals surface area (Å²) in [6.07, 6.45) is 0. The molecule has 21 heavy (non-hydrogen) atoms. The summed E-state index contributed by atoms with van der Waals surface area (Å²) < 4.78 is 11.1. The van der Waals surface area contributed by atoms with Gasteiger partial charge >= 0.3 is 0 Å². The van der Waals surface area contributed by atoms with Gasteiger partial charge in [0.1, 0.15) is 11.5 Å². The standard InChI is InChI=1S/C16H16BrNO3/c1-9-6-10(4-5-13(9)18)16(19)15-12(17)7-11(20-2)8-14(15)21-3/h4-8H,18H2,1-3H3. The number of hydrogen-bond donors (Lipinski definition) is 1. The van der Waals surface area contributed by atoms with Gasteiger partial charge in [-0.05, 0) is 52.7 Å². The number of carbonyl (C=O) groups excluding carboxylic acids is 1. The second kappa shape index (κ2) is 6.18. The number of hydrogen-bond acceptors (Lipinski definition) is 4. The zero-order chi connectivity index (χ0) is 15.6. The Labute approximate surface area is 132 Å². The minimum atomic E-state index is -0.135. The summed E-state index contributed by atoms with van der Waals surface area (Å²) in [5.74, 6) is 0.939. The Bertz CT molecular complexity index is 698. The number of methoxy groups -OCH3 is 2. The second-order valence-electron chi connectivity index (χ2n) is 4.59. The Hall–Kier alpha value is -2.01. The highest BCUT2D eigenvalue weighted by atomic mass is 79.9. The van der Waals surface area contributed by atoms with Crippen molar-refractivity contribution < 1.29 is 14.3 Å². The zero-order valence-electron chi connectivity index (χ0n) is 12.1. The lowest BCUT2D eigenvalue weighted by molar-refractivity contribution is 0.103. The fourth-order valence-corrected chi connectivity index (χ4v) is 2.62. The summed E-state index contributed by atoms with van der Waals surface area (Å²) in [5, 5.41) is 0. The summed E-state index contributed by atoms with van der Waals surface area (Å²) in [5.41, 5.74) is 8.34. The van der Waals surface area contributed by atoms with Crippen molar-refractivity contribution in [2.75, 3.05) is 20.0 Å². The van der Waals surface area contributed by atoms with Gasteiger partial charge in [-0.2, -0.15) is 0 Å². The van der Waals surface area contributed by atoms with Crippen LogP contribution in [0.4, 0.5) is 5.69 Å². The van der Waals surface area contributed by atoms with Crippen molar-refractivity contribution in [1.29, 1.82) is 0 Å². The average Bonchev–Trinajstić information content (AvgIpc) is 2.48. The molecule has 0 saturated carbocycles. The molecular weight excluding hydrogens is 334 g/mol. The number of rotatable bonds is 4. The highest BCUT2D eigenvalue weighted by molar-refractivity contribution is 9.10. The van der Waals surface area contributed by atoms with Crippen molar-refractivity contribution >= 4 is 27.4 Å². The Balaban J connectivity index is 2.54. The molecule has 0 unspecified atom stereocenters. The molecule has 0 atom stereocenters. The molecule has 0 fully saturated rings. The Morgan fingerprint density at radius 1 is 1.14 bits per heavy atom. The third-order valence-electron chi connectivity index (χ3n) is 3.24. The van der Waals surface area contributed by atoms with Crippen LogP contribution in [0.15, 0.2) is 34.8 Å². The van der Waals surface area contributed by atoms with Gasteiger partial charge in [-0.15, -0.1) is 0 Å². The molecule has 110 valence electrons. The summed E-state index contributed by atoms with van der Waals surface area (Å²) in [6.45, 7) is 1.87. The predicted octanol–water partition coefficient (Wildman–Crippen LogP) is 3.59. The maximum Gasteiger partial charge on any atom is 0.197 e. The van der Waals surface area contributed by atoms with Crippen LogP contribution < -0.4 is 15.2 Å². The number of ether oxygens (including phenoxy) is 2. The number of halogens is 1. The quantitative estimate of drug-likeness (QED) is 0.676. The van der Waals surface area contributed by atoms with Crippen LogP contribution in [0, 0.1) is 6.92 Å². The van der Waals surface area contributed by atoms with Crippen LogP contribution in [0.25, 0.3) is 0 Å². The van der Waals surface area contributed by atoms with E-state index in [1.165, 1.54) is 7.11 Å². The van der Waals surface area contributed by atoms with E-state index < -0.39 is 0 Å². The number of aryl methyl sites for hydroxylation is 1. The number of nitrogen functional groups attached to an aromatic ring is 1. The van der Waals surface area contributed by atoms with E-state index in [0.717, 1.165) is 5.56 Å². The number of benzene rings is 2. The molecule has 2 rings (SSSR count). The van der Waals surface area contributed by atoms with E-state index in [-0.39, 0.29) is 5.78 Å². The first-order chi connectivity index (χ1) is 9.97. The minimum Gasteiger partial charge on any atom is -0.497 e. The van der Waals surface area contributed by atoms with E-state index in [1.807, 2.05) is 6.92 Å². The second-order valence-corrected chi connectivity index (χ2v) is 5.44. The molecule has 2 aromatic carbocycles. The van der Waals surface area contributed by atoms with Gasteiger partial charge in [0.15, 0.2) is 5.78 Å². The largest absolute Gasteiger partial charge is 0.497 e. The molecule has 0 radical (unpaired) electrons. The normalized spacial score (nSPS) is 10.3. The summed E-state index contributed by atoms with van der Waals surface area (Å²) >= 11 is 3.40. The molecule has 0 aromatic heterocycles. The van der Waals surface area contributed by atoms with Gasteiger partial charge < -0.3 is 15.2 Å². The van der Waals surface area contributed by atoms with Gasteiger partial charge in [-0.25, -0.2) is 0 Å². The fourth-order valence-electron chi connectivity index (χ4n) is 2.02. The summed E-state index contributed by atoms with van der Waals surface area (Å²) in [7, 11) is 3.08. The molecule has 0 heterocycles. The maximum absolute atomic E-state index is 12.7. The van der Waals surface area contributed by atoms with Gasteiger partial charge in [0.05, 0.1) is 19.8 Å².